The molecule has 0 unspecified atom stereocenters. The standard InChI is InChI=1S/C2HF2NO4/c3-2(4,1(6)7)5(8)9/h(H,6,7)/p-1. The fraction of sp³-hybridized carbons (Fsp3) is 0.500. The fourth-order valence-corrected chi connectivity index (χ4v) is 0.0745. The van der Waals surface area contributed by atoms with Gasteiger partial charge in [-0.25, -0.2) is 0 Å². The molecule has 7 heteroatoms. The molecule has 0 N–H and O–H groups in total. The summed E-state index contributed by atoms with van der Waals surface area (Å²) >= 11 is 0. The second kappa shape index (κ2) is 1.92. The largest absolute Gasteiger partial charge is 0.554 e. The van der Waals surface area contributed by atoms with E-state index in [1.165, 1.54) is 0 Å². The van der Waals surface area contributed by atoms with Gasteiger partial charge in [0, 0.05) is 0 Å². The SMILES string of the molecule is O=C([O-])C(F)(F)[N+](=O)[O-]. The van der Waals surface area contributed by atoms with Crippen LogP contribution in [0.3, 0.4) is 0 Å². The minimum atomic E-state index is -4.97. The molecule has 0 rings (SSSR count). The number of nitrogens with zero attached hydrogens (tertiary/aromatic N) is 1. The van der Waals surface area contributed by atoms with Crippen molar-refractivity contribution < 1.29 is 23.6 Å². The Hall–Kier alpha value is -1.27. The molecule has 0 saturated carbocycles. The van der Waals surface area contributed by atoms with Crippen LogP contribution in [0.5, 0.6) is 0 Å². The van der Waals surface area contributed by atoms with Crippen LogP contribution in [-0.4, -0.2) is 16.9 Å². The molecular formula is C2F2NO4-. The van der Waals surface area contributed by atoms with Crippen LogP contribution in [0.25, 0.3) is 0 Å². The first-order chi connectivity index (χ1) is 3.89. The molecule has 0 aliphatic carbocycles. The second-order valence-electron chi connectivity index (χ2n) is 1.09. The highest BCUT2D eigenvalue weighted by Gasteiger charge is 2.46. The third-order valence-electron chi connectivity index (χ3n) is 0.475. The maximum Gasteiger partial charge on any atom is 0.554 e. The molecule has 0 aromatic heterocycles. The summed E-state index contributed by atoms with van der Waals surface area (Å²) in [6.45, 7) is 0. The Bertz CT molecular complexity index is 139. The van der Waals surface area contributed by atoms with Crippen molar-refractivity contribution in [2.24, 2.45) is 0 Å². The smallest absolute Gasteiger partial charge is 0.538 e. The number of aliphatic carboxylic acids is 1. The van der Waals surface area contributed by atoms with Gasteiger partial charge >= 0.3 is 6.05 Å². The number of carbonyl (C=O) groups excluding carboxylic acids is 1. The van der Waals surface area contributed by atoms with E-state index in [1.54, 1.807) is 0 Å². The average Bonchev–Trinajstić information content (AvgIpc) is 1.65. The summed E-state index contributed by atoms with van der Waals surface area (Å²) in [7, 11) is 0. The number of carbonyl (C=O) groups is 1. The Labute approximate surface area is 47.0 Å². The summed E-state index contributed by atoms with van der Waals surface area (Å²) in [5, 5.41) is 18.3. The predicted molar refractivity (Wildman–Crippen MR) is 16.9 cm³/mol. The molecule has 5 nitrogen and oxygen atoms in total. The summed E-state index contributed by atoms with van der Waals surface area (Å²) in [5.74, 6) is -3.01. The molecule has 0 aliphatic heterocycles. The quantitative estimate of drug-likeness (QED) is 0.268. The number of rotatable bonds is 2. The molecule has 52 valence electrons. The Morgan fingerprint density at radius 2 is 1.89 bits per heavy atom. The maximum absolute atomic E-state index is 11.3. The molecule has 0 aromatic carbocycles. The monoisotopic (exact) mass is 140 g/mol. The van der Waals surface area contributed by atoms with Crippen molar-refractivity contribution in [1.29, 1.82) is 0 Å². The van der Waals surface area contributed by atoms with Gasteiger partial charge in [-0.05, 0) is 0 Å². The summed E-state index contributed by atoms with van der Waals surface area (Å²) in [6.07, 6.45) is 0. The van der Waals surface area contributed by atoms with Crippen molar-refractivity contribution >= 4 is 5.97 Å². The van der Waals surface area contributed by atoms with Crippen LogP contribution in [0, 0.1) is 10.1 Å². The molecule has 0 fully saturated rings. The number of hydrogen-bond acceptors (Lipinski definition) is 4. The number of nitro groups is 1. The van der Waals surface area contributed by atoms with Crippen molar-refractivity contribution in [3.63, 3.8) is 0 Å². The van der Waals surface area contributed by atoms with Gasteiger partial charge in [0.25, 0.3) is 0 Å². The van der Waals surface area contributed by atoms with E-state index in [0.717, 1.165) is 0 Å². The average molecular weight is 140 g/mol. The van der Waals surface area contributed by atoms with E-state index < -0.39 is 16.9 Å². The van der Waals surface area contributed by atoms with E-state index in [-0.39, 0.29) is 0 Å². The van der Waals surface area contributed by atoms with Gasteiger partial charge in [0.2, 0.25) is 0 Å². The normalized spacial score (nSPS) is 10.9. The molecule has 0 heterocycles. The zero-order chi connectivity index (χ0) is 7.65. The van der Waals surface area contributed by atoms with Crippen molar-refractivity contribution in [2.45, 2.75) is 6.05 Å². The summed E-state index contributed by atoms with van der Waals surface area (Å²) in [5.41, 5.74) is 0. The topological polar surface area (TPSA) is 83.3 Å². The Morgan fingerprint density at radius 3 is 1.89 bits per heavy atom. The van der Waals surface area contributed by atoms with Crippen LogP contribution in [0.2, 0.25) is 0 Å². The van der Waals surface area contributed by atoms with Crippen LogP contribution >= 0.6 is 0 Å². The second-order valence-corrected chi connectivity index (χ2v) is 1.09. The number of carboxylic acid groups (broad SMARTS) is 1. The van der Waals surface area contributed by atoms with E-state index in [2.05, 4.69) is 0 Å². The van der Waals surface area contributed by atoms with Crippen LogP contribution in [0.4, 0.5) is 8.78 Å². The lowest BCUT2D eigenvalue weighted by atomic mass is 10.6. The van der Waals surface area contributed by atoms with Crippen LogP contribution in [-0.2, 0) is 4.79 Å². The summed E-state index contributed by atoms with van der Waals surface area (Å²) in [4.78, 5) is 16.0. The van der Waals surface area contributed by atoms with E-state index in [0.29, 0.717) is 0 Å². The highest BCUT2D eigenvalue weighted by molar-refractivity contribution is 5.70. The molecule has 9 heavy (non-hydrogen) atoms. The lowest BCUT2D eigenvalue weighted by molar-refractivity contribution is -0.635. The minimum absolute atomic E-state index is 2.23. The van der Waals surface area contributed by atoms with Crippen molar-refractivity contribution in [3.8, 4) is 0 Å². The molecule has 0 atom stereocenters. The molecule has 0 amide bonds. The van der Waals surface area contributed by atoms with Gasteiger partial charge in [0.1, 0.15) is 4.92 Å². The first-order valence-corrected chi connectivity index (χ1v) is 1.62. The van der Waals surface area contributed by atoms with Gasteiger partial charge < -0.3 is 9.90 Å². The first kappa shape index (κ1) is 7.73. The molecule has 0 aromatic rings. The van der Waals surface area contributed by atoms with Crippen LogP contribution < -0.4 is 5.11 Å². The van der Waals surface area contributed by atoms with Gasteiger partial charge in [-0.15, -0.1) is 8.78 Å². The highest BCUT2D eigenvalue weighted by atomic mass is 19.3. The van der Waals surface area contributed by atoms with E-state index in [9.17, 15) is 8.78 Å². The van der Waals surface area contributed by atoms with Crippen molar-refractivity contribution in [1.82, 2.24) is 0 Å². The zero-order valence-corrected chi connectivity index (χ0v) is 3.84. The minimum Gasteiger partial charge on any atom is -0.538 e. The molecule has 0 saturated heterocycles. The molecule has 0 bridgehead atoms. The third-order valence-corrected chi connectivity index (χ3v) is 0.475. The molecule has 0 radical (unpaired) electrons. The van der Waals surface area contributed by atoms with Gasteiger partial charge in [-0.1, -0.05) is 0 Å². The Kier molecular flexibility index (Phi) is 1.65. The van der Waals surface area contributed by atoms with Gasteiger partial charge in [0.15, 0.2) is 5.97 Å². The van der Waals surface area contributed by atoms with E-state index >= 15 is 0 Å². The maximum atomic E-state index is 11.3. The van der Waals surface area contributed by atoms with Crippen molar-refractivity contribution in [3.05, 3.63) is 10.1 Å². The predicted octanol–water partition coefficient (Wildman–Crippen LogP) is -1.39. The first-order valence-electron chi connectivity index (χ1n) is 1.62. The van der Waals surface area contributed by atoms with Crippen LogP contribution in [0.15, 0.2) is 0 Å². The summed E-state index contributed by atoms with van der Waals surface area (Å²) < 4.78 is 22.6. The number of hydrogen-bond donors (Lipinski definition) is 0. The Balaban J connectivity index is 4.38. The number of halogens is 2. The van der Waals surface area contributed by atoms with Gasteiger partial charge in [0.05, 0.1) is 0 Å². The fourth-order valence-electron chi connectivity index (χ4n) is 0.0745. The molecular weight excluding hydrogens is 140 g/mol. The molecule has 0 aliphatic rings. The lowest BCUT2D eigenvalue weighted by Gasteiger charge is -2.05. The van der Waals surface area contributed by atoms with Gasteiger partial charge in [-0.2, -0.15) is 0 Å². The zero-order valence-electron chi connectivity index (χ0n) is 3.84. The number of alkyl halides is 2. The van der Waals surface area contributed by atoms with Crippen molar-refractivity contribution in [2.75, 3.05) is 0 Å². The number of carboxylic acids is 1. The lowest BCUT2D eigenvalue weighted by Crippen LogP contribution is -2.47. The van der Waals surface area contributed by atoms with E-state index in [4.69, 9.17) is 20.0 Å². The molecule has 0 spiro atoms. The summed E-state index contributed by atoms with van der Waals surface area (Å²) in [6, 6.07) is -4.97. The third kappa shape index (κ3) is 1.31. The van der Waals surface area contributed by atoms with Crippen LogP contribution in [0.1, 0.15) is 0 Å². The van der Waals surface area contributed by atoms with E-state index in [1.807, 2.05) is 0 Å². The van der Waals surface area contributed by atoms with Gasteiger partial charge in [-0.3, -0.25) is 10.1 Å². The highest BCUT2D eigenvalue weighted by Crippen LogP contribution is 2.11. The Morgan fingerprint density at radius 1 is 1.56 bits per heavy atom.